The maximum atomic E-state index is 11.9. The number of carbonyl (C=O) groups excluding carboxylic acids is 1. The minimum Gasteiger partial charge on any atom is -0.457 e. The van der Waals surface area contributed by atoms with Gasteiger partial charge in [-0.05, 0) is 44.8 Å². The molecule has 2 rings (SSSR count). The van der Waals surface area contributed by atoms with Crippen molar-refractivity contribution < 1.29 is 9.53 Å². The second-order valence-corrected chi connectivity index (χ2v) is 6.53. The van der Waals surface area contributed by atoms with E-state index < -0.39 is 0 Å². The van der Waals surface area contributed by atoms with E-state index in [1.165, 1.54) is 0 Å². The molecule has 4 heteroatoms. The van der Waals surface area contributed by atoms with Gasteiger partial charge in [-0.15, -0.1) is 11.3 Å². The van der Waals surface area contributed by atoms with Crippen LogP contribution in [0.4, 0.5) is 0 Å². The predicted octanol–water partition coefficient (Wildman–Crippen LogP) is 4.68. The van der Waals surface area contributed by atoms with Crippen LogP contribution < -0.4 is 0 Å². The number of ether oxygens (including phenoxy) is 1. The number of nitrogens with zero attached hydrogens (tertiary/aromatic N) is 1. The average molecular weight is 305 g/mol. The van der Waals surface area contributed by atoms with Gasteiger partial charge in [-0.1, -0.05) is 18.6 Å². The van der Waals surface area contributed by atoms with Crippen LogP contribution in [-0.4, -0.2) is 17.1 Å². The van der Waals surface area contributed by atoms with Crippen LogP contribution in [0, 0.1) is 6.92 Å². The van der Waals surface area contributed by atoms with E-state index in [-0.39, 0.29) is 12.1 Å². The Balaban J connectivity index is 2.09. The van der Waals surface area contributed by atoms with Crippen molar-refractivity contribution in [1.29, 1.82) is 0 Å². The predicted molar refractivity (Wildman–Crippen MR) is 87.2 cm³/mol. The van der Waals surface area contributed by atoms with Gasteiger partial charge in [0.25, 0.3) is 0 Å². The lowest BCUT2D eigenvalue weighted by Crippen LogP contribution is -2.18. The lowest BCUT2D eigenvalue weighted by molar-refractivity contribution is -0.147. The smallest absolute Gasteiger partial charge is 0.306 e. The quantitative estimate of drug-likeness (QED) is 0.588. The number of aromatic nitrogens is 1. The highest BCUT2D eigenvalue weighted by Crippen LogP contribution is 2.19. The third kappa shape index (κ3) is 5.46. The summed E-state index contributed by atoms with van der Waals surface area (Å²) in [5.41, 5.74) is 2.00. The molecule has 0 radical (unpaired) electrons. The molecule has 0 aliphatic carbocycles. The number of carbonyl (C=O) groups is 1. The normalized spacial score (nSPS) is 23.2. The summed E-state index contributed by atoms with van der Waals surface area (Å²) in [6, 6.07) is 0. The highest BCUT2D eigenvalue weighted by Gasteiger charge is 2.16. The van der Waals surface area contributed by atoms with Crippen molar-refractivity contribution in [3.05, 3.63) is 33.8 Å². The number of aryl methyl sites for hydroxylation is 1. The number of cyclic esters (lactones) is 1. The maximum Gasteiger partial charge on any atom is 0.306 e. The summed E-state index contributed by atoms with van der Waals surface area (Å²) in [5.74, 6) is -0.0856. The Morgan fingerprint density at radius 1 is 1.38 bits per heavy atom. The number of hydrogen-bond donors (Lipinski definition) is 0. The van der Waals surface area contributed by atoms with E-state index in [1.54, 1.807) is 11.3 Å². The summed E-state index contributed by atoms with van der Waals surface area (Å²) in [6.45, 7) is 4.01. The van der Waals surface area contributed by atoms with E-state index in [9.17, 15) is 4.79 Å². The van der Waals surface area contributed by atoms with Gasteiger partial charge >= 0.3 is 5.97 Å². The van der Waals surface area contributed by atoms with Crippen LogP contribution in [0.25, 0.3) is 6.08 Å². The molecule has 0 bridgehead atoms. The zero-order chi connectivity index (χ0) is 15.1. The molecule has 3 nitrogen and oxygen atoms in total. The third-order valence-electron chi connectivity index (χ3n) is 3.56. The standard InChI is InChI=1S/C17H23NO2S/c1-13(11-15-12-21-14(2)18-15)16-9-7-5-3-4-6-8-10-17(19)20-16/h5,7,11-12,16H,3-4,6,8-10H2,1-2H3/b7-5-,13-11+/t16-/m0/s1. The second-order valence-electron chi connectivity index (χ2n) is 5.46. The fourth-order valence-corrected chi connectivity index (χ4v) is 2.93. The molecule has 0 spiro atoms. The molecule has 0 N–H and O–H groups in total. The summed E-state index contributed by atoms with van der Waals surface area (Å²) in [7, 11) is 0. The first-order chi connectivity index (χ1) is 10.1. The monoisotopic (exact) mass is 305 g/mol. The molecule has 114 valence electrons. The minimum absolute atomic E-state index is 0.0856. The number of thiazole rings is 1. The van der Waals surface area contributed by atoms with Gasteiger partial charge in [0, 0.05) is 18.2 Å². The summed E-state index contributed by atoms with van der Waals surface area (Å²) in [5, 5.41) is 3.08. The maximum absolute atomic E-state index is 11.9. The first kappa shape index (κ1) is 16.0. The molecule has 1 aromatic heterocycles. The van der Waals surface area contributed by atoms with Crippen LogP contribution >= 0.6 is 11.3 Å². The van der Waals surface area contributed by atoms with Gasteiger partial charge in [0.15, 0.2) is 0 Å². The Morgan fingerprint density at radius 2 is 2.24 bits per heavy atom. The lowest BCUT2D eigenvalue weighted by atomic mass is 10.1. The number of hydrogen-bond acceptors (Lipinski definition) is 4. The highest BCUT2D eigenvalue weighted by molar-refractivity contribution is 7.09. The Kier molecular flexibility index (Phi) is 6.18. The lowest BCUT2D eigenvalue weighted by Gasteiger charge is -2.17. The van der Waals surface area contributed by atoms with Gasteiger partial charge in [-0.3, -0.25) is 4.79 Å². The van der Waals surface area contributed by atoms with Crippen LogP contribution in [-0.2, 0) is 9.53 Å². The minimum atomic E-state index is -0.172. The van der Waals surface area contributed by atoms with E-state index in [0.717, 1.165) is 48.4 Å². The van der Waals surface area contributed by atoms with Gasteiger partial charge in [0.2, 0.25) is 0 Å². The molecule has 0 aromatic carbocycles. The third-order valence-corrected chi connectivity index (χ3v) is 4.35. The molecule has 0 unspecified atom stereocenters. The van der Waals surface area contributed by atoms with Gasteiger partial charge in [-0.25, -0.2) is 4.98 Å². The summed E-state index contributed by atoms with van der Waals surface area (Å²) < 4.78 is 5.64. The first-order valence-corrected chi connectivity index (χ1v) is 8.48. The molecule has 1 aliphatic rings. The molecule has 0 fully saturated rings. The Hall–Kier alpha value is -1.42. The van der Waals surface area contributed by atoms with Gasteiger partial charge < -0.3 is 4.74 Å². The molecule has 1 aromatic rings. The van der Waals surface area contributed by atoms with Crippen LogP contribution in [0.1, 0.15) is 56.2 Å². The molecule has 2 heterocycles. The van der Waals surface area contributed by atoms with Crippen LogP contribution in [0.3, 0.4) is 0 Å². The van der Waals surface area contributed by atoms with Crippen molar-refractivity contribution in [1.82, 2.24) is 4.98 Å². The summed E-state index contributed by atoms with van der Waals surface area (Å²) in [4.78, 5) is 16.3. The Bertz CT molecular complexity index is 531. The number of allylic oxidation sites excluding steroid dienone is 1. The van der Waals surface area contributed by atoms with E-state index >= 15 is 0 Å². The second kappa shape index (κ2) is 8.13. The van der Waals surface area contributed by atoms with Crippen LogP contribution in [0.5, 0.6) is 0 Å². The number of esters is 1. The van der Waals surface area contributed by atoms with Crippen molar-refractivity contribution in [3.8, 4) is 0 Å². The molecule has 0 amide bonds. The molecular formula is C17H23NO2S. The first-order valence-electron chi connectivity index (χ1n) is 7.60. The molecule has 1 aliphatic heterocycles. The molecule has 0 saturated heterocycles. The van der Waals surface area contributed by atoms with E-state index in [0.29, 0.717) is 6.42 Å². The van der Waals surface area contributed by atoms with E-state index in [4.69, 9.17) is 4.74 Å². The largest absolute Gasteiger partial charge is 0.457 e. The number of rotatable bonds is 2. The van der Waals surface area contributed by atoms with E-state index in [1.807, 2.05) is 25.3 Å². The Labute approximate surface area is 130 Å². The topological polar surface area (TPSA) is 39.2 Å². The van der Waals surface area contributed by atoms with Gasteiger partial charge in [0.05, 0.1) is 10.7 Å². The van der Waals surface area contributed by atoms with Crippen molar-refractivity contribution in [3.63, 3.8) is 0 Å². The van der Waals surface area contributed by atoms with Crippen LogP contribution in [0.15, 0.2) is 23.1 Å². The molecule has 21 heavy (non-hydrogen) atoms. The zero-order valence-corrected chi connectivity index (χ0v) is 13.6. The summed E-state index contributed by atoms with van der Waals surface area (Å²) in [6.07, 6.45) is 11.7. The van der Waals surface area contributed by atoms with Crippen molar-refractivity contribution in [2.24, 2.45) is 0 Å². The fraction of sp³-hybridized carbons (Fsp3) is 0.529. The van der Waals surface area contributed by atoms with E-state index in [2.05, 4.69) is 17.1 Å². The van der Waals surface area contributed by atoms with Crippen molar-refractivity contribution in [2.75, 3.05) is 0 Å². The summed E-state index contributed by atoms with van der Waals surface area (Å²) >= 11 is 1.63. The van der Waals surface area contributed by atoms with Gasteiger partial charge in [0.1, 0.15) is 6.10 Å². The fourth-order valence-electron chi connectivity index (χ4n) is 2.36. The van der Waals surface area contributed by atoms with Gasteiger partial charge in [-0.2, -0.15) is 0 Å². The van der Waals surface area contributed by atoms with Crippen LogP contribution in [0.2, 0.25) is 0 Å². The highest BCUT2D eigenvalue weighted by atomic mass is 32.1. The molecule has 1 atom stereocenters. The zero-order valence-electron chi connectivity index (χ0n) is 12.8. The SMILES string of the molecule is C/C(=C\c1csc(C)n1)[C@@H]1C/C=C\CCCCCC(=O)O1. The van der Waals surface area contributed by atoms with Crippen molar-refractivity contribution in [2.45, 2.75) is 58.5 Å². The molecule has 0 saturated carbocycles. The Morgan fingerprint density at radius 3 is 3.00 bits per heavy atom. The molecular weight excluding hydrogens is 282 g/mol. The average Bonchev–Trinajstić information content (AvgIpc) is 2.82. The van der Waals surface area contributed by atoms with Crippen molar-refractivity contribution >= 4 is 23.4 Å².